The van der Waals surface area contributed by atoms with Gasteiger partial charge in [0, 0.05) is 23.2 Å². The molecule has 4 aromatic rings. The van der Waals surface area contributed by atoms with Crippen LogP contribution in [0, 0.1) is 6.92 Å². The number of fused-ring (bicyclic) bond motifs is 1. The zero-order chi connectivity index (χ0) is 24.5. The molecule has 0 saturated carbocycles. The van der Waals surface area contributed by atoms with Crippen molar-refractivity contribution in [1.82, 2.24) is 9.29 Å². The van der Waals surface area contributed by atoms with Crippen LogP contribution in [-0.4, -0.2) is 26.0 Å². The fourth-order valence-electron chi connectivity index (χ4n) is 3.87. The maximum absolute atomic E-state index is 13.5. The van der Waals surface area contributed by atoms with Gasteiger partial charge in [0.25, 0.3) is 10.0 Å². The number of benzene rings is 3. The predicted octanol–water partition coefficient (Wildman–Crippen LogP) is 5.75. The van der Waals surface area contributed by atoms with E-state index in [0.717, 1.165) is 27.6 Å². The Morgan fingerprint density at radius 1 is 1.03 bits per heavy atom. The van der Waals surface area contributed by atoms with Crippen molar-refractivity contribution in [2.24, 2.45) is 0 Å². The minimum Gasteiger partial charge on any atom is -0.435 e. The van der Waals surface area contributed by atoms with Gasteiger partial charge in [0.2, 0.25) is 0 Å². The van der Waals surface area contributed by atoms with E-state index in [9.17, 15) is 17.2 Å². The summed E-state index contributed by atoms with van der Waals surface area (Å²) in [6.45, 7) is -0.543. The molecule has 5 nitrogen and oxygen atoms in total. The Labute approximate surface area is 202 Å². The van der Waals surface area contributed by atoms with E-state index in [2.05, 4.69) is 10.1 Å². The van der Waals surface area contributed by atoms with Crippen LogP contribution in [0.25, 0.3) is 10.9 Å². The van der Waals surface area contributed by atoms with Crippen LogP contribution in [0.15, 0.2) is 71.8 Å². The fourth-order valence-corrected chi connectivity index (χ4v) is 5.56. The summed E-state index contributed by atoms with van der Waals surface area (Å²) in [7, 11) is -2.21. The second kappa shape index (κ2) is 9.74. The van der Waals surface area contributed by atoms with E-state index in [4.69, 9.17) is 11.6 Å². The molecule has 34 heavy (non-hydrogen) atoms. The molecule has 0 atom stereocenters. The largest absolute Gasteiger partial charge is 0.435 e. The molecule has 0 saturated heterocycles. The van der Waals surface area contributed by atoms with Gasteiger partial charge in [-0.2, -0.15) is 8.78 Å². The molecule has 9 heteroatoms. The van der Waals surface area contributed by atoms with Gasteiger partial charge in [-0.3, -0.25) is 0 Å². The molecule has 0 aliphatic heterocycles. The highest BCUT2D eigenvalue weighted by molar-refractivity contribution is 7.90. The van der Waals surface area contributed by atoms with Gasteiger partial charge in [-0.15, -0.1) is 0 Å². The lowest BCUT2D eigenvalue weighted by Gasteiger charge is -2.10. The summed E-state index contributed by atoms with van der Waals surface area (Å²) in [4.78, 5) is -0.0333. The van der Waals surface area contributed by atoms with Gasteiger partial charge < -0.3 is 10.1 Å². The molecular weight excluding hydrogens is 482 g/mol. The number of hydrogen-bond donors (Lipinski definition) is 1. The predicted molar refractivity (Wildman–Crippen MR) is 129 cm³/mol. The maximum Gasteiger partial charge on any atom is 0.387 e. The Hall–Kier alpha value is -2.94. The molecule has 1 aromatic heterocycles. The molecule has 178 valence electrons. The minimum atomic E-state index is -3.99. The van der Waals surface area contributed by atoms with Crippen LogP contribution >= 0.6 is 11.6 Å². The monoisotopic (exact) mass is 504 g/mol. The number of ether oxygens (including phenoxy) is 1. The molecule has 0 unspecified atom stereocenters. The summed E-state index contributed by atoms with van der Waals surface area (Å²) >= 11 is 6.40. The van der Waals surface area contributed by atoms with Gasteiger partial charge in [-0.1, -0.05) is 35.9 Å². The second-order valence-electron chi connectivity index (χ2n) is 7.96. The van der Waals surface area contributed by atoms with Crippen molar-refractivity contribution in [3.05, 3.63) is 94.1 Å². The number of aromatic nitrogens is 1. The highest BCUT2D eigenvalue weighted by Crippen LogP contribution is 2.30. The number of nitrogens with one attached hydrogen (secondary N) is 1. The van der Waals surface area contributed by atoms with Crippen LogP contribution < -0.4 is 10.1 Å². The van der Waals surface area contributed by atoms with E-state index < -0.39 is 16.6 Å². The third kappa shape index (κ3) is 4.94. The van der Waals surface area contributed by atoms with Crippen LogP contribution in [0.4, 0.5) is 8.78 Å². The highest BCUT2D eigenvalue weighted by atomic mass is 35.5. The lowest BCUT2D eigenvalue weighted by molar-refractivity contribution is -0.0498. The summed E-state index contributed by atoms with van der Waals surface area (Å²) in [6.07, 6.45) is 2.13. The van der Waals surface area contributed by atoms with Gasteiger partial charge in [0.1, 0.15) is 5.75 Å². The zero-order valence-electron chi connectivity index (χ0n) is 18.6. The van der Waals surface area contributed by atoms with E-state index in [0.29, 0.717) is 23.5 Å². The Balaban J connectivity index is 1.78. The maximum atomic E-state index is 13.5. The van der Waals surface area contributed by atoms with Crippen molar-refractivity contribution in [2.75, 3.05) is 7.05 Å². The van der Waals surface area contributed by atoms with Crippen LogP contribution in [0.1, 0.15) is 22.3 Å². The van der Waals surface area contributed by atoms with Crippen LogP contribution in [0.2, 0.25) is 5.02 Å². The molecule has 0 radical (unpaired) electrons. The first kappa shape index (κ1) is 24.2. The molecule has 0 bridgehead atoms. The topological polar surface area (TPSA) is 60.3 Å². The Bertz CT molecular complexity index is 1430. The number of rotatable bonds is 8. The van der Waals surface area contributed by atoms with Crippen LogP contribution in [0.5, 0.6) is 5.75 Å². The third-order valence-corrected chi connectivity index (χ3v) is 7.53. The summed E-state index contributed by atoms with van der Waals surface area (Å²) in [5.41, 5.74) is 4.26. The van der Waals surface area contributed by atoms with E-state index in [-0.39, 0.29) is 10.6 Å². The van der Waals surface area contributed by atoms with E-state index in [1.165, 1.54) is 28.2 Å². The Morgan fingerprint density at radius 2 is 1.76 bits per heavy atom. The zero-order valence-corrected chi connectivity index (χ0v) is 20.1. The normalized spacial score (nSPS) is 11.9. The van der Waals surface area contributed by atoms with Crippen molar-refractivity contribution in [1.29, 1.82) is 0 Å². The number of aryl methyl sites for hydroxylation is 1. The summed E-state index contributed by atoms with van der Waals surface area (Å²) < 4.78 is 57.4. The van der Waals surface area contributed by atoms with Crippen molar-refractivity contribution in [3.63, 3.8) is 0 Å². The SMILES string of the molecule is CNCc1cn(S(=O)(=O)c2ccc(OC(F)F)cc2)c2cc(Cc3ccc(C)cc3Cl)ccc12. The lowest BCUT2D eigenvalue weighted by Crippen LogP contribution is -2.12. The average molecular weight is 505 g/mol. The molecule has 0 aliphatic rings. The van der Waals surface area contributed by atoms with Crippen molar-refractivity contribution >= 4 is 32.5 Å². The minimum absolute atomic E-state index is 0.0333. The first-order valence-corrected chi connectivity index (χ1v) is 12.3. The molecule has 1 N–H and O–H groups in total. The van der Waals surface area contributed by atoms with Crippen molar-refractivity contribution < 1.29 is 21.9 Å². The van der Waals surface area contributed by atoms with Gasteiger partial charge >= 0.3 is 6.61 Å². The summed E-state index contributed by atoms with van der Waals surface area (Å²) in [6, 6.07) is 16.5. The molecule has 0 spiro atoms. The van der Waals surface area contributed by atoms with Crippen molar-refractivity contribution in [2.45, 2.75) is 31.4 Å². The van der Waals surface area contributed by atoms with Gasteiger partial charge in [0.05, 0.1) is 10.4 Å². The first-order valence-electron chi connectivity index (χ1n) is 10.5. The molecule has 0 amide bonds. The Morgan fingerprint density at radius 3 is 2.41 bits per heavy atom. The molecule has 0 aliphatic carbocycles. The molecule has 4 rings (SSSR count). The smallest absolute Gasteiger partial charge is 0.387 e. The number of alkyl halides is 2. The van der Waals surface area contributed by atoms with Crippen LogP contribution in [-0.2, 0) is 23.0 Å². The van der Waals surface area contributed by atoms with E-state index in [1.807, 2.05) is 43.3 Å². The van der Waals surface area contributed by atoms with E-state index in [1.54, 1.807) is 13.2 Å². The van der Waals surface area contributed by atoms with Gasteiger partial charge in [0.15, 0.2) is 0 Å². The quantitative estimate of drug-likeness (QED) is 0.332. The standard InChI is InChI=1S/C25H23ClF2N2O3S/c1-16-3-5-18(23(26)11-16)12-17-4-10-22-19(14-29-2)15-30(24(22)13-17)34(31,32)21-8-6-20(7-9-21)33-25(27)28/h3-11,13,15,25,29H,12,14H2,1-2H3. The second-order valence-corrected chi connectivity index (χ2v) is 10.2. The third-order valence-electron chi connectivity index (χ3n) is 5.49. The summed E-state index contributed by atoms with van der Waals surface area (Å²) in [5.74, 6) is -0.112. The number of halogens is 3. The van der Waals surface area contributed by atoms with E-state index >= 15 is 0 Å². The molecular formula is C25H23ClF2N2O3S. The fraction of sp³-hybridized carbons (Fsp3) is 0.200. The Kier molecular flexibility index (Phi) is 6.93. The molecule has 1 heterocycles. The lowest BCUT2D eigenvalue weighted by atomic mass is 10.0. The molecule has 0 fully saturated rings. The first-order chi connectivity index (χ1) is 16.2. The van der Waals surface area contributed by atoms with Gasteiger partial charge in [-0.25, -0.2) is 12.4 Å². The number of nitrogens with zero attached hydrogens (tertiary/aromatic N) is 1. The molecule has 3 aromatic carbocycles. The van der Waals surface area contributed by atoms with Gasteiger partial charge in [-0.05, 0) is 79.0 Å². The summed E-state index contributed by atoms with van der Waals surface area (Å²) in [5, 5.41) is 4.52. The van der Waals surface area contributed by atoms with Crippen LogP contribution in [0.3, 0.4) is 0 Å². The van der Waals surface area contributed by atoms with Crippen molar-refractivity contribution in [3.8, 4) is 5.75 Å². The highest BCUT2D eigenvalue weighted by Gasteiger charge is 2.22. The average Bonchev–Trinajstić information content (AvgIpc) is 3.14. The number of hydrogen-bond acceptors (Lipinski definition) is 4.